The Hall–Kier alpha value is -2.02. The monoisotopic (exact) mass is 207 g/mol. The molecule has 0 bridgehead atoms. The maximum atomic E-state index is 4.18. The molecule has 3 rings (SSSR count). The number of benzene rings is 2. The minimum absolute atomic E-state index is 0.930. The fraction of sp³-hybridized carbons (Fsp3) is 0.0667. The Morgan fingerprint density at radius 1 is 0.875 bits per heavy atom. The SMILES string of the molecule is C=C1c2ccccc2CN1c1ccccc1. The van der Waals surface area contributed by atoms with Crippen molar-refractivity contribution < 1.29 is 0 Å². The first-order valence-corrected chi connectivity index (χ1v) is 5.46. The first kappa shape index (κ1) is 9.22. The summed E-state index contributed by atoms with van der Waals surface area (Å²) in [5.74, 6) is 0. The summed E-state index contributed by atoms with van der Waals surface area (Å²) in [5.41, 5.74) is 4.94. The Morgan fingerprint density at radius 3 is 2.31 bits per heavy atom. The van der Waals surface area contributed by atoms with Crippen LogP contribution in [0.15, 0.2) is 61.2 Å². The van der Waals surface area contributed by atoms with Gasteiger partial charge in [0, 0.05) is 23.5 Å². The molecule has 16 heavy (non-hydrogen) atoms. The van der Waals surface area contributed by atoms with Crippen LogP contribution in [0.2, 0.25) is 0 Å². The first-order chi connectivity index (χ1) is 7.86. The molecular weight excluding hydrogens is 194 g/mol. The average molecular weight is 207 g/mol. The van der Waals surface area contributed by atoms with Gasteiger partial charge in [-0.05, 0) is 17.7 Å². The van der Waals surface area contributed by atoms with Crippen molar-refractivity contribution in [3.63, 3.8) is 0 Å². The highest BCUT2D eigenvalue weighted by Crippen LogP contribution is 2.34. The van der Waals surface area contributed by atoms with Crippen molar-refractivity contribution in [1.82, 2.24) is 0 Å². The molecule has 1 nitrogen and oxygen atoms in total. The second-order valence-electron chi connectivity index (χ2n) is 4.03. The van der Waals surface area contributed by atoms with Gasteiger partial charge in [-0.25, -0.2) is 0 Å². The third-order valence-corrected chi connectivity index (χ3v) is 3.05. The lowest BCUT2D eigenvalue weighted by Crippen LogP contribution is -2.12. The Balaban J connectivity index is 2.02. The molecule has 0 unspecified atom stereocenters. The number of rotatable bonds is 1. The molecule has 0 fully saturated rings. The Kier molecular flexibility index (Phi) is 2.03. The van der Waals surface area contributed by atoms with Crippen LogP contribution in [-0.2, 0) is 6.54 Å². The van der Waals surface area contributed by atoms with E-state index in [1.54, 1.807) is 0 Å². The summed E-state index contributed by atoms with van der Waals surface area (Å²) in [6.07, 6.45) is 0. The molecule has 1 heteroatoms. The summed E-state index contributed by atoms with van der Waals surface area (Å²) in [5, 5.41) is 0. The second-order valence-corrected chi connectivity index (χ2v) is 4.03. The van der Waals surface area contributed by atoms with E-state index >= 15 is 0 Å². The predicted molar refractivity (Wildman–Crippen MR) is 68.1 cm³/mol. The number of fused-ring (bicyclic) bond motifs is 1. The van der Waals surface area contributed by atoms with E-state index in [9.17, 15) is 0 Å². The molecule has 0 radical (unpaired) electrons. The van der Waals surface area contributed by atoms with Crippen LogP contribution in [0.5, 0.6) is 0 Å². The highest BCUT2D eigenvalue weighted by molar-refractivity contribution is 5.83. The standard InChI is InChI=1S/C15H13N/c1-12-15-10-6-5-7-13(15)11-16(12)14-8-3-2-4-9-14/h2-10H,1,11H2. The lowest BCUT2D eigenvalue weighted by Gasteiger charge is -2.19. The zero-order valence-corrected chi connectivity index (χ0v) is 9.06. The zero-order valence-electron chi connectivity index (χ0n) is 9.06. The minimum atomic E-state index is 0.930. The molecule has 0 saturated heterocycles. The molecule has 0 N–H and O–H groups in total. The molecule has 2 aromatic rings. The molecule has 1 aliphatic heterocycles. The van der Waals surface area contributed by atoms with Gasteiger partial charge < -0.3 is 4.90 Å². The van der Waals surface area contributed by atoms with Crippen molar-refractivity contribution >= 4 is 11.4 Å². The van der Waals surface area contributed by atoms with Crippen molar-refractivity contribution in [2.45, 2.75) is 6.54 Å². The fourth-order valence-electron chi connectivity index (χ4n) is 2.21. The van der Waals surface area contributed by atoms with Gasteiger partial charge >= 0.3 is 0 Å². The number of nitrogens with zero attached hydrogens (tertiary/aromatic N) is 1. The third kappa shape index (κ3) is 1.33. The van der Waals surface area contributed by atoms with E-state index in [2.05, 4.69) is 60.0 Å². The van der Waals surface area contributed by atoms with Gasteiger partial charge in [-0.2, -0.15) is 0 Å². The maximum Gasteiger partial charge on any atom is 0.0488 e. The van der Waals surface area contributed by atoms with Gasteiger partial charge in [0.1, 0.15) is 0 Å². The van der Waals surface area contributed by atoms with Gasteiger partial charge in [0.2, 0.25) is 0 Å². The van der Waals surface area contributed by atoms with Gasteiger partial charge in [-0.3, -0.25) is 0 Å². The van der Waals surface area contributed by atoms with Crippen LogP contribution in [0.3, 0.4) is 0 Å². The van der Waals surface area contributed by atoms with Crippen LogP contribution in [0, 0.1) is 0 Å². The molecule has 2 aromatic carbocycles. The molecule has 0 spiro atoms. The van der Waals surface area contributed by atoms with Gasteiger partial charge in [-0.1, -0.05) is 49.0 Å². The van der Waals surface area contributed by atoms with Crippen molar-refractivity contribution in [2.75, 3.05) is 4.90 Å². The Morgan fingerprint density at radius 2 is 1.56 bits per heavy atom. The van der Waals surface area contributed by atoms with E-state index in [0.29, 0.717) is 0 Å². The van der Waals surface area contributed by atoms with E-state index in [1.165, 1.54) is 16.8 Å². The van der Waals surface area contributed by atoms with Crippen molar-refractivity contribution in [1.29, 1.82) is 0 Å². The van der Waals surface area contributed by atoms with Gasteiger partial charge in [-0.15, -0.1) is 0 Å². The Bertz CT molecular complexity index is 528. The summed E-state index contributed by atoms with van der Waals surface area (Å²) >= 11 is 0. The molecule has 1 heterocycles. The summed E-state index contributed by atoms with van der Waals surface area (Å²) in [7, 11) is 0. The summed E-state index contributed by atoms with van der Waals surface area (Å²) in [6.45, 7) is 5.11. The number of hydrogen-bond acceptors (Lipinski definition) is 1. The summed E-state index contributed by atoms with van der Waals surface area (Å²) < 4.78 is 0. The highest BCUT2D eigenvalue weighted by atomic mass is 15.2. The van der Waals surface area contributed by atoms with Crippen LogP contribution in [0.25, 0.3) is 5.70 Å². The zero-order chi connectivity index (χ0) is 11.0. The topological polar surface area (TPSA) is 3.24 Å². The van der Waals surface area contributed by atoms with Gasteiger partial charge in [0.25, 0.3) is 0 Å². The van der Waals surface area contributed by atoms with E-state index in [1.807, 2.05) is 6.07 Å². The molecule has 1 aliphatic rings. The normalized spacial score (nSPS) is 14.0. The van der Waals surface area contributed by atoms with Crippen LogP contribution < -0.4 is 4.90 Å². The van der Waals surface area contributed by atoms with Gasteiger partial charge in [0.15, 0.2) is 0 Å². The van der Waals surface area contributed by atoms with Crippen LogP contribution >= 0.6 is 0 Å². The first-order valence-electron chi connectivity index (χ1n) is 5.46. The summed E-state index contributed by atoms with van der Waals surface area (Å²) in [4.78, 5) is 2.25. The molecule has 0 saturated carbocycles. The molecular formula is C15H13N. The van der Waals surface area contributed by atoms with Crippen LogP contribution in [-0.4, -0.2) is 0 Å². The molecule has 0 aromatic heterocycles. The maximum absolute atomic E-state index is 4.18. The number of anilines is 1. The third-order valence-electron chi connectivity index (χ3n) is 3.05. The van der Waals surface area contributed by atoms with E-state index < -0.39 is 0 Å². The largest absolute Gasteiger partial charge is 0.337 e. The van der Waals surface area contributed by atoms with Crippen molar-refractivity contribution in [3.8, 4) is 0 Å². The fourth-order valence-corrected chi connectivity index (χ4v) is 2.21. The highest BCUT2D eigenvalue weighted by Gasteiger charge is 2.22. The van der Waals surface area contributed by atoms with Gasteiger partial charge in [0.05, 0.1) is 0 Å². The summed E-state index contributed by atoms with van der Waals surface area (Å²) in [6, 6.07) is 18.9. The predicted octanol–water partition coefficient (Wildman–Crippen LogP) is 3.68. The van der Waals surface area contributed by atoms with E-state index in [4.69, 9.17) is 0 Å². The quantitative estimate of drug-likeness (QED) is 0.689. The molecule has 0 atom stereocenters. The lowest BCUT2D eigenvalue weighted by molar-refractivity contribution is 1.04. The molecule has 0 aliphatic carbocycles. The van der Waals surface area contributed by atoms with Crippen molar-refractivity contribution in [2.24, 2.45) is 0 Å². The van der Waals surface area contributed by atoms with Crippen LogP contribution in [0.4, 0.5) is 5.69 Å². The van der Waals surface area contributed by atoms with E-state index in [-0.39, 0.29) is 0 Å². The smallest absolute Gasteiger partial charge is 0.0488 e. The van der Waals surface area contributed by atoms with Crippen molar-refractivity contribution in [3.05, 3.63) is 72.3 Å². The molecule has 0 amide bonds. The number of para-hydroxylation sites is 1. The number of hydrogen-bond donors (Lipinski definition) is 0. The van der Waals surface area contributed by atoms with E-state index in [0.717, 1.165) is 12.2 Å². The minimum Gasteiger partial charge on any atom is -0.337 e. The average Bonchev–Trinajstić information content (AvgIpc) is 2.69. The lowest BCUT2D eigenvalue weighted by atomic mass is 10.1. The Labute approximate surface area is 95.6 Å². The van der Waals surface area contributed by atoms with Crippen LogP contribution in [0.1, 0.15) is 11.1 Å². The molecule has 78 valence electrons. The second kappa shape index (κ2) is 3.53.